The topological polar surface area (TPSA) is 55.1 Å². The Morgan fingerprint density at radius 3 is 2.62 bits per heavy atom. The van der Waals surface area contributed by atoms with Crippen molar-refractivity contribution in [2.24, 2.45) is 0 Å². The third-order valence-corrected chi connectivity index (χ3v) is 2.95. The zero-order valence-electron chi connectivity index (χ0n) is 9.69. The highest BCUT2D eigenvalue weighted by Crippen LogP contribution is 2.06. The van der Waals surface area contributed by atoms with Gasteiger partial charge in [-0.25, -0.2) is 0 Å². The van der Waals surface area contributed by atoms with Gasteiger partial charge in [0.25, 0.3) is 5.91 Å². The SMILES string of the molecule is CSCCC(C)NC(=O)c1ccc(N)cc1. The van der Waals surface area contributed by atoms with E-state index in [2.05, 4.69) is 11.6 Å². The summed E-state index contributed by atoms with van der Waals surface area (Å²) < 4.78 is 0. The van der Waals surface area contributed by atoms with Crippen LogP contribution in [0.25, 0.3) is 0 Å². The van der Waals surface area contributed by atoms with Crippen molar-refractivity contribution in [3.8, 4) is 0 Å². The summed E-state index contributed by atoms with van der Waals surface area (Å²) in [6.45, 7) is 2.02. The van der Waals surface area contributed by atoms with Gasteiger partial charge in [-0.1, -0.05) is 0 Å². The van der Waals surface area contributed by atoms with Crippen LogP contribution >= 0.6 is 11.8 Å². The van der Waals surface area contributed by atoms with Crippen molar-refractivity contribution in [3.05, 3.63) is 29.8 Å². The lowest BCUT2D eigenvalue weighted by Gasteiger charge is -2.13. The van der Waals surface area contributed by atoms with Gasteiger partial charge in [0.1, 0.15) is 0 Å². The van der Waals surface area contributed by atoms with Gasteiger partial charge in [-0.2, -0.15) is 11.8 Å². The molecule has 1 rings (SSSR count). The number of benzene rings is 1. The number of nitrogen functional groups attached to an aromatic ring is 1. The van der Waals surface area contributed by atoms with Crippen LogP contribution in [0.4, 0.5) is 5.69 Å². The lowest BCUT2D eigenvalue weighted by Crippen LogP contribution is -2.32. The second kappa shape index (κ2) is 6.43. The first-order valence-electron chi connectivity index (χ1n) is 5.29. The van der Waals surface area contributed by atoms with E-state index in [0.29, 0.717) is 11.3 Å². The molecule has 4 heteroatoms. The number of carbonyl (C=O) groups excluding carboxylic acids is 1. The first-order valence-corrected chi connectivity index (χ1v) is 6.68. The number of amides is 1. The lowest BCUT2D eigenvalue weighted by atomic mass is 10.1. The highest BCUT2D eigenvalue weighted by molar-refractivity contribution is 7.98. The Hall–Kier alpha value is -1.16. The van der Waals surface area contributed by atoms with Gasteiger partial charge >= 0.3 is 0 Å². The molecular formula is C12H18N2OS. The molecule has 0 saturated carbocycles. The fraction of sp³-hybridized carbons (Fsp3) is 0.417. The fourth-order valence-electron chi connectivity index (χ4n) is 1.31. The maximum Gasteiger partial charge on any atom is 0.251 e. The molecule has 0 bridgehead atoms. The molecule has 1 unspecified atom stereocenters. The van der Waals surface area contributed by atoms with Crippen LogP contribution in [0.1, 0.15) is 23.7 Å². The quantitative estimate of drug-likeness (QED) is 0.773. The van der Waals surface area contributed by atoms with Crippen LogP contribution in [-0.4, -0.2) is 24.0 Å². The Kier molecular flexibility index (Phi) is 5.19. The molecule has 0 aliphatic heterocycles. The van der Waals surface area contributed by atoms with Crippen LogP contribution in [0.5, 0.6) is 0 Å². The summed E-state index contributed by atoms with van der Waals surface area (Å²) in [6, 6.07) is 7.17. The fourth-order valence-corrected chi connectivity index (χ4v) is 1.90. The van der Waals surface area contributed by atoms with E-state index >= 15 is 0 Å². The van der Waals surface area contributed by atoms with Gasteiger partial charge in [0.15, 0.2) is 0 Å². The van der Waals surface area contributed by atoms with Gasteiger partial charge in [0, 0.05) is 17.3 Å². The summed E-state index contributed by atoms with van der Waals surface area (Å²) in [4.78, 5) is 11.8. The van der Waals surface area contributed by atoms with Crippen LogP contribution < -0.4 is 11.1 Å². The number of hydrogen-bond acceptors (Lipinski definition) is 3. The molecular weight excluding hydrogens is 220 g/mol. The van der Waals surface area contributed by atoms with Gasteiger partial charge in [-0.05, 0) is 49.6 Å². The minimum absolute atomic E-state index is 0.0337. The minimum atomic E-state index is -0.0337. The van der Waals surface area contributed by atoms with Gasteiger partial charge in [0.05, 0.1) is 0 Å². The van der Waals surface area contributed by atoms with Crippen molar-refractivity contribution < 1.29 is 4.79 Å². The normalized spacial score (nSPS) is 12.1. The van der Waals surface area contributed by atoms with Crippen molar-refractivity contribution in [1.29, 1.82) is 0 Å². The molecule has 0 aromatic heterocycles. The van der Waals surface area contributed by atoms with Crippen LogP contribution in [0.2, 0.25) is 0 Å². The van der Waals surface area contributed by atoms with Crippen LogP contribution in [0.15, 0.2) is 24.3 Å². The summed E-state index contributed by atoms with van der Waals surface area (Å²) in [5, 5.41) is 2.96. The van der Waals surface area contributed by atoms with Gasteiger partial charge < -0.3 is 11.1 Å². The second-order valence-corrected chi connectivity index (χ2v) is 4.76. The van der Waals surface area contributed by atoms with Crippen molar-refractivity contribution >= 4 is 23.4 Å². The summed E-state index contributed by atoms with van der Waals surface area (Å²) in [5.74, 6) is 1.03. The smallest absolute Gasteiger partial charge is 0.251 e. The highest BCUT2D eigenvalue weighted by Gasteiger charge is 2.08. The number of nitrogens with two attached hydrogens (primary N) is 1. The summed E-state index contributed by atoms with van der Waals surface area (Å²) in [7, 11) is 0. The molecule has 0 heterocycles. The van der Waals surface area contributed by atoms with Crippen LogP contribution in [-0.2, 0) is 0 Å². The van der Waals surface area contributed by atoms with E-state index < -0.39 is 0 Å². The van der Waals surface area contributed by atoms with Gasteiger partial charge in [0.2, 0.25) is 0 Å². The first-order chi connectivity index (χ1) is 7.63. The number of thioether (sulfide) groups is 1. The lowest BCUT2D eigenvalue weighted by molar-refractivity contribution is 0.0939. The Balaban J connectivity index is 2.48. The molecule has 0 saturated heterocycles. The standard InChI is InChI=1S/C12H18N2OS/c1-9(7-8-16-2)14-12(15)10-3-5-11(13)6-4-10/h3-6,9H,7-8,13H2,1-2H3,(H,14,15). The Morgan fingerprint density at radius 2 is 2.06 bits per heavy atom. The molecule has 0 fully saturated rings. The summed E-state index contributed by atoms with van der Waals surface area (Å²) in [5.41, 5.74) is 6.89. The third-order valence-electron chi connectivity index (χ3n) is 2.31. The molecule has 1 amide bonds. The number of hydrogen-bond donors (Lipinski definition) is 2. The Bertz CT molecular complexity index is 337. The summed E-state index contributed by atoms with van der Waals surface area (Å²) in [6.07, 6.45) is 3.05. The number of rotatable bonds is 5. The highest BCUT2D eigenvalue weighted by atomic mass is 32.2. The van der Waals surface area contributed by atoms with E-state index in [1.165, 1.54) is 0 Å². The minimum Gasteiger partial charge on any atom is -0.399 e. The largest absolute Gasteiger partial charge is 0.399 e. The number of nitrogens with one attached hydrogen (secondary N) is 1. The zero-order chi connectivity index (χ0) is 12.0. The third kappa shape index (κ3) is 4.14. The van der Waals surface area contributed by atoms with Crippen molar-refractivity contribution in [2.75, 3.05) is 17.7 Å². The van der Waals surface area contributed by atoms with E-state index in [1.54, 1.807) is 36.0 Å². The molecule has 3 N–H and O–H groups in total. The monoisotopic (exact) mass is 238 g/mol. The molecule has 1 atom stereocenters. The van der Waals surface area contributed by atoms with Crippen molar-refractivity contribution in [1.82, 2.24) is 5.32 Å². The average molecular weight is 238 g/mol. The summed E-state index contributed by atoms with van der Waals surface area (Å²) >= 11 is 1.79. The molecule has 0 spiro atoms. The van der Waals surface area contributed by atoms with E-state index in [4.69, 9.17) is 5.73 Å². The average Bonchev–Trinajstić information content (AvgIpc) is 2.27. The second-order valence-electron chi connectivity index (χ2n) is 3.78. The maximum absolute atomic E-state index is 11.8. The molecule has 0 radical (unpaired) electrons. The number of carbonyl (C=O) groups is 1. The van der Waals surface area contributed by atoms with Crippen molar-refractivity contribution in [2.45, 2.75) is 19.4 Å². The van der Waals surface area contributed by atoms with Gasteiger partial charge in [-0.15, -0.1) is 0 Å². The molecule has 1 aromatic carbocycles. The van der Waals surface area contributed by atoms with E-state index in [0.717, 1.165) is 12.2 Å². The van der Waals surface area contributed by atoms with E-state index in [-0.39, 0.29) is 11.9 Å². The van der Waals surface area contributed by atoms with Crippen molar-refractivity contribution in [3.63, 3.8) is 0 Å². The first kappa shape index (κ1) is 12.9. The Morgan fingerprint density at radius 1 is 1.44 bits per heavy atom. The molecule has 0 aliphatic rings. The zero-order valence-corrected chi connectivity index (χ0v) is 10.5. The molecule has 16 heavy (non-hydrogen) atoms. The predicted molar refractivity (Wildman–Crippen MR) is 70.8 cm³/mol. The predicted octanol–water partition coefficient (Wildman–Crippen LogP) is 2.14. The Labute approximate surface area is 101 Å². The van der Waals surface area contributed by atoms with E-state index in [1.807, 2.05) is 6.92 Å². The molecule has 88 valence electrons. The van der Waals surface area contributed by atoms with Crippen LogP contribution in [0.3, 0.4) is 0 Å². The molecule has 1 aromatic rings. The molecule has 0 aliphatic carbocycles. The van der Waals surface area contributed by atoms with Gasteiger partial charge in [-0.3, -0.25) is 4.79 Å². The van der Waals surface area contributed by atoms with Crippen LogP contribution in [0, 0.1) is 0 Å². The van der Waals surface area contributed by atoms with E-state index in [9.17, 15) is 4.79 Å². The maximum atomic E-state index is 11.8. The number of anilines is 1. The molecule has 3 nitrogen and oxygen atoms in total.